The Kier molecular flexibility index (Phi) is 6.36. The summed E-state index contributed by atoms with van der Waals surface area (Å²) in [7, 11) is 1.96. The van der Waals surface area contributed by atoms with E-state index in [-0.39, 0.29) is 6.04 Å². The lowest BCUT2D eigenvalue weighted by atomic mass is 9.98. The van der Waals surface area contributed by atoms with Crippen molar-refractivity contribution in [1.29, 1.82) is 0 Å². The summed E-state index contributed by atoms with van der Waals surface area (Å²) in [5.41, 5.74) is 7.57. The monoisotopic (exact) mass is 252 g/mol. The number of nitrogens with zero attached hydrogens (tertiary/aromatic N) is 3. The van der Waals surface area contributed by atoms with Gasteiger partial charge in [0.05, 0.1) is 12.2 Å². The minimum atomic E-state index is 0.172. The van der Waals surface area contributed by atoms with Crippen molar-refractivity contribution in [3.63, 3.8) is 0 Å². The second kappa shape index (κ2) is 7.54. The first-order chi connectivity index (χ1) is 8.63. The summed E-state index contributed by atoms with van der Waals surface area (Å²) < 4.78 is 1.86. The molecule has 1 rings (SSSR count). The molecule has 4 heteroatoms. The van der Waals surface area contributed by atoms with E-state index < -0.39 is 0 Å². The van der Waals surface area contributed by atoms with Crippen molar-refractivity contribution in [2.75, 3.05) is 13.1 Å². The minimum Gasteiger partial charge on any atom is -0.326 e. The van der Waals surface area contributed by atoms with Crippen LogP contribution < -0.4 is 5.73 Å². The topological polar surface area (TPSA) is 47.1 Å². The van der Waals surface area contributed by atoms with Crippen molar-refractivity contribution in [2.24, 2.45) is 12.8 Å². The second-order valence-electron chi connectivity index (χ2n) is 4.95. The molecule has 0 aliphatic rings. The molecule has 18 heavy (non-hydrogen) atoms. The predicted octanol–water partition coefficient (Wildman–Crippen LogP) is 2.32. The first-order valence-corrected chi connectivity index (χ1v) is 7.12. The molecule has 0 aromatic carbocycles. The zero-order chi connectivity index (χ0) is 13.5. The molecule has 0 fully saturated rings. The molecule has 0 aliphatic heterocycles. The van der Waals surface area contributed by atoms with Crippen molar-refractivity contribution in [3.8, 4) is 0 Å². The molecule has 0 bridgehead atoms. The van der Waals surface area contributed by atoms with Crippen LogP contribution in [0.5, 0.6) is 0 Å². The van der Waals surface area contributed by atoms with Crippen molar-refractivity contribution in [2.45, 2.75) is 52.1 Å². The van der Waals surface area contributed by atoms with Gasteiger partial charge in [-0.1, -0.05) is 27.2 Å². The minimum absolute atomic E-state index is 0.172. The molecular formula is C14H28N4. The second-order valence-corrected chi connectivity index (χ2v) is 4.95. The van der Waals surface area contributed by atoms with Crippen LogP contribution in [0.1, 0.15) is 51.6 Å². The van der Waals surface area contributed by atoms with E-state index in [2.05, 4.69) is 37.0 Å². The van der Waals surface area contributed by atoms with Crippen LogP contribution in [0, 0.1) is 0 Å². The molecule has 2 unspecified atom stereocenters. The van der Waals surface area contributed by atoms with Crippen LogP contribution in [-0.2, 0) is 7.05 Å². The summed E-state index contributed by atoms with van der Waals surface area (Å²) in [4.78, 5) is 2.48. The molecule has 0 amide bonds. The van der Waals surface area contributed by atoms with E-state index in [1.807, 2.05) is 17.9 Å². The number of hydrogen-bond donors (Lipinski definition) is 1. The lowest BCUT2D eigenvalue weighted by Crippen LogP contribution is -2.41. The van der Waals surface area contributed by atoms with Crippen LogP contribution in [-0.4, -0.2) is 33.8 Å². The van der Waals surface area contributed by atoms with Gasteiger partial charge in [-0.25, -0.2) is 0 Å². The number of likely N-dealkylation sites (N-methyl/N-ethyl adjacent to an activating group) is 1. The summed E-state index contributed by atoms with van der Waals surface area (Å²) in [6, 6.07) is 0.464. The smallest absolute Gasteiger partial charge is 0.0538 e. The Balaban J connectivity index is 2.88. The fourth-order valence-electron chi connectivity index (χ4n) is 2.40. The Morgan fingerprint density at radius 3 is 2.56 bits per heavy atom. The highest BCUT2D eigenvalue weighted by molar-refractivity contribution is 5.13. The maximum absolute atomic E-state index is 6.33. The summed E-state index contributed by atoms with van der Waals surface area (Å²) >= 11 is 0. The Labute approximate surface area is 111 Å². The molecule has 1 aromatic heterocycles. The van der Waals surface area contributed by atoms with E-state index in [0.717, 1.165) is 19.5 Å². The van der Waals surface area contributed by atoms with Crippen LogP contribution >= 0.6 is 0 Å². The molecule has 104 valence electrons. The largest absolute Gasteiger partial charge is 0.326 e. The molecule has 1 aromatic rings. The predicted molar refractivity (Wildman–Crippen MR) is 76.4 cm³/mol. The molecule has 0 radical (unpaired) electrons. The summed E-state index contributed by atoms with van der Waals surface area (Å²) in [6.07, 6.45) is 7.48. The van der Waals surface area contributed by atoms with Gasteiger partial charge in [0.2, 0.25) is 0 Å². The normalized spacial score (nSPS) is 15.0. The number of aromatic nitrogens is 2. The van der Waals surface area contributed by atoms with Gasteiger partial charge in [-0.3, -0.25) is 9.58 Å². The maximum Gasteiger partial charge on any atom is 0.0538 e. The molecule has 0 saturated heterocycles. The molecule has 2 N–H and O–H groups in total. The number of rotatable bonds is 8. The standard InChI is InChI=1S/C14H28N4/c1-5-8-9-18(7-3)14(13(15)6-2)12-10-16-17(4)11-12/h10-11,13-14H,5-9,15H2,1-4H3. The molecule has 0 aliphatic carbocycles. The van der Waals surface area contributed by atoms with Crippen molar-refractivity contribution >= 4 is 0 Å². The maximum atomic E-state index is 6.33. The van der Waals surface area contributed by atoms with E-state index in [0.29, 0.717) is 6.04 Å². The van der Waals surface area contributed by atoms with E-state index in [1.54, 1.807) is 0 Å². The number of nitrogens with two attached hydrogens (primary N) is 1. The molecule has 2 atom stereocenters. The van der Waals surface area contributed by atoms with Gasteiger partial charge < -0.3 is 5.73 Å². The Morgan fingerprint density at radius 1 is 1.39 bits per heavy atom. The van der Waals surface area contributed by atoms with Crippen molar-refractivity contribution in [1.82, 2.24) is 14.7 Å². The highest BCUT2D eigenvalue weighted by atomic mass is 15.3. The molecule has 1 heterocycles. The third-order valence-corrected chi connectivity index (χ3v) is 3.54. The summed E-state index contributed by atoms with van der Waals surface area (Å²) in [5.74, 6) is 0. The van der Waals surface area contributed by atoms with Crippen LogP contribution in [0.2, 0.25) is 0 Å². The first-order valence-electron chi connectivity index (χ1n) is 7.12. The van der Waals surface area contributed by atoms with Crippen LogP contribution in [0.25, 0.3) is 0 Å². The van der Waals surface area contributed by atoms with Gasteiger partial charge in [0, 0.05) is 24.8 Å². The quantitative estimate of drug-likeness (QED) is 0.772. The lowest BCUT2D eigenvalue weighted by Gasteiger charge is -2.34. The van der Waals surface area contributed by atoms with Gasteiger partial charge in [0.15, 0.2) is 0 Å². The van der Waals surface area contributed by atoms with E-state index in [4.69, 9.17) is 5.73 Å². The van der Waals surface area contributed by atoms with Gasteiger partial charge in [-0.05, 0) is 25.9 Å². The van der Waals surface area contributed by atoms with Gasteiger partial charge >= 0.3 is 0 Å². The molecular weight excluding hydrogens is 224 g/mol. The van der Waals surface area contributed by atoms with Gasteiger partial charge in [0.25, 0.3) is 0 Å². The van der Waals surface area contributed by atoms with Crippen LogP contribution in [0.15, 0.2) is 12.4 Å². The van der Waals surface area contributed by atoms with Crippen molar-refractivity contribution in [3.05, 3.63) is 18.0 Å². The first kappa shape index (κ1) is 15.2. The Bertz CT molecular complexity index is 334. The number of hydrogen-bond acceptors (Lipinski definition) is 3. The number of aryl methyl sites for hydroxylation is 1. The zero-order valence-corrected chi connectivity index (χ0v) is 12.3. The fraction of sp³-hybridized carbons (Fsp3) is 0.786. The average molecular weight is 252 g/mol. The number of unbranched alkanes of at least 4 members (excludes halogenated alkanes) is 1. The summed E-state index contributed by atoms with van der Waals surface area (Å²) in [5, 5.41) is 4.29. The lowest BCUT2D eigenvalue weighted by molar-refractivity contribution is 0.175. The van der Waals surface area contributed by atoms with E-state index in [9.17, 15) is 0 Å². The van der Waals surface area contributed by atoms with Gasteiger partial charge in [-0.15, -0.1) is 0 Å². The SMILES string of the molecule is CCCCN(CC)C(c1cnn(C)c1)C(N)CC. The van der Waals surface area contributed by atoms with Crippen LogP contribution in [0.4, 0.5) is 0 Å². The van der Waals surface area contributed by atoms with Crippen molar-refractivity contribution < 1.29 is 0 Å². The molecule has 0 spiro atoms. The molecule has 4 nitrogen and oxygen atoms in total. The Morgan fingerprint density at radius 2 is 2.11 bits per heavy atom. The van der Waals surface area contributed by atoms with E-state index >= 15 is 0 Å². The third-order valence-electron chi connectivity index (χ3n) is 3.54. The molecule has 0 saturated carbocycles. The third kappa shape index (κ3) is 3.82. The fourth-order valence-corrected chi connectivity index (χ4v) is 2.40. The average Bonchev–Trinajstić information content (AvgIpc) is 2.79. The van der Waals surface area contributed by atoms with Crippen LogP contribution in [0.3, 0.4) is 0 Å². The zero-order valence-electron chi connectivity index (χ0n) is 12.3. The van der Waals surface area contributed by atoms with Gasteiger partial charge in [0.1, 0.15) is 0 Å². The van der Waals surface area contributed by atoms with Gasteiger partial charge in [-0.2, -0.15) is 5.10 Å². The Hall–Kier alpha value is -0.870. The highest BCUT2D eigenvalue weighted by Gasteiger charge is 2.25. The highest BCUT2D eigenvalue weighted by Crippen LogP contribution is 2.24. The van der Waals surface area contributed by atoms with E-state index in [1.165, 1.54) is 18.4 Å². The summed E-state index contributed by atoms with van der Waals surface area (Å²) in [6.45, 7) is 8.74.